The summed E-state index contributed by atoms with van der Waals surface area (Å²) >= 11 is 1.71. The Labute approximate surface area is 146 Å². The number of nitrogens with one attached hydrogen (secondary N) is 1. The zero-order chi connectivity index (χ0) is 17.5. The van der Waals surface area contributed by atoms with Gasteiger partial charge in [-0.05, 0) is 24.0 Å². The first-order chi connectivity index (χ1) is 11.6. The summed E-state index contributed by atoms with van der Waals surface area (Å²) in [6, 6.07) is 11.0. The maximum Gasteiger partial charge on any atom is 0.255 e. The molecule has 0 aliphatic carbocycles. The van der Waals surface area contributed by atoms with Gasteiger partial charge in [0, 0.05) is 29.1 Å². The highest BCUT2D eigenvalue weighted by Crippen LogP contribution is 2.40. The lowest BCUT2D eigenvalue weighted by molar-refractivity contribution is 0.102. The minimum absolute atomic E-state index is 0.188. The predicted molar refractivity (Wildman–Crippen MR) is 97.7 cm³/mol. The second kappa shape index (κ2) is 8.49. The first-order valence-electron chi connectivity index (χ1n) is 7.32. The maximum absolute atomic E-state index is 12.5. The summed E-state index contributed by atoms with van der Waals surface area (Å²) in [6.45, 7) is 0. The fraction of sp³-hybridized carbons (Fsp3) is 0.278. The molecule has 0 saturated carbocycles. The third kappa shape index (κ3) is 4.14. The molecule has 24 heavy (non-hydrogen) atoms. The fourth-order valence-corrected chi connectivity index (χ4v) is 2.84. The predicted octanol–water partition coefficient (Wildman–Crippen LogP) is 3.83. The van der Waals surface area contributed by atoms with E-state index in [9.17, 15) is 4.79 Å². The van der Waals surface area contributed by atoms with Crippen LogP contribution < -0.4 is 19.5 Å². The van der Waals surface area contributed by atoms with Crippen molar-refractivity contribution in [3.8, 4) is 17.2 Å². The lowest BCUT2D eigenvalue weighted by Gasteiger charge is -2.14. The number of ether oxygens (including phenoxy) is 3. The molecule has 2 aromatic carbocycles. The summed E-state index contributed by atoms with van der Waals surface area (Å²) in [7, 11) is 4.61. The molecule has 0 aliphatic heterocycles. The zero-order valence-corrected chi connectivity index (χ0v) is 15.0. The van der Waals surface area contributed by atoms with E-state index in [0.29, 0.717) is 28.5 Å². The third-order valence-electron chi connectivity index (χ3n) is 3.42. The van der Waals surface area contributed by atoms with Crippen molar-refractivity contribution in [2.45, 2.75) is 5.75 Å². The van der Waals surface area contributed by atoms with E-state index < -0.39 is 0 Å². The molecule has 2 aromatic rings. The van der Waals surface area contributed by atoms with Gasteiger partial charge in [0.25, 0.3) is 5.91 Å². The van der Waals surface area contributed by atoms with E-state index in [4.69, 9.17) is 14.2 Å². The molecule has 0 radical (unpaired) electrons. The molecule has 2 rings (SSSR count). The number of hydrogen-bond donors (Lipinski definition) is 1. The summed E-state index contributed by atoms with van der Waals surface area (Å²) in [4.78, 5) is 12.5. The quantitative estimate of drug-likeness (QED) is 0.825. The van der Waals surface area contributed by atoms with E-state index in [1.54, 1.807) is 30.0 Å². The van der Waals surface area contributed by atoms with Gasteiger partial charge < -0.3 is 19.5 Å². The van der Waals surface area contributed by atoms with Crippen molar-refractivity contribution in [2.24, 2.45) is 0 Å². The van der Waals surface area contributed by atoms with Crippen LogP contribution in [0, 0.1) is 0 Å². The number of amides is 1. The smallest absolute Gasteiger partial charge is 0.255 e. The Balaban J connectivity index is 2.27. The summed E-state index contributed by atoms with van der Waals surface area (Å²) < 4.78 is 15.9. The molecule has 1 N–H and O–H groups in total. The molecule has 0 atom stereocenters. The Morgan fingerprint density at radius 2 is 1.71 bits per heavy atom. The molecule has 0 saturated heterocycles. The van der Waals surface area contributed by atoms with Crippen LogP contribution in [-0.2, 0) is 5.75 Å². The average Bonchev–Trinajstić information content (AvgIpc) is 2.61. The van der Waals surface area contributed by atoms with E-state index in [2.05, 4.69) is 5.32 Å². The van der Waals surface area contributed by atoms with Gasteiger partial charge in [0.15, 0.2) is 11.5 Å². The van der Waals surface area contributed by atoms with Crippen LogP contribution in [0.5, 0.6) is 17.2 Å². The van der Waals surface area contributed by atoms with E-state index >= 15 is 0 Å². The Hall–Kier alpha value is -2.34. The number of thioether (sulfide) groups is 1. The van der Waals surface area contributed by atoms with Crippen LogP contribution in [-0.4, -0.2) is 33.5 Å². The van der Waals surface area contributed by atoms with Crippen LogP contribution in [0.2, 0.25) is 0 Å². The standard InChI is InChI=1S/C18H21NO4S/c1-21-15-9-14(10-16(22-2)17(15)23-3)19-18(20)13-7-5-6-12(8-13)11-24-4/h5-10H,11H2,1-4H3,(H,19,20). The molecule has 6 heteroatoms. The van der Waals surface area contributed by atoms with Crippen molar-refractivity contribution in [2.75, 3.05) is 32.9 Å². The van der Waals surface area contributed by atoms with Gasteiger partial charge >= 0.3 is 0 Å². The molecular formula is C18H21NO4S. The lowest BCUT2D eigenvalue weighted by atomic mass is 10.1. The minimum Gasteiger partial charge on any atom is -0.493 e. The van der Waals surface area contributed by atoms with Gasteiger partial charge in [0.2, 0.25) is 5.75 Å². The molecule has 0 aromatic heterocycles. The van der Waals surface area contributed by atoms with Crippen molar-refractivity contribution >= 4 is 23.4 Å². The maximum atomic E-state index is 12.5. The number of benzene rings is 2. The Bertz CT molecular complexity index is 693. The molecule has 1 amide bonds. The van der Waals surface area contributed by atoms with E-state index in [1.165, 1.54) is 21.3 Å². The van der Waals surface area contributed by atoms with E-state index in [1.807, 2.05) is 24.5 Å². The molecule has 0 unspecified atom stereocenters. The van der Waals surface area contributed by atoms with Gasteiger partial charge in [-0.15, -0.1) is 0 Å². The molecule has 128 valence electrons. The number of carbonyl (C=O) groups excluding carboxylic acids is 1. The van der Waals surface area contributed by atoms with Crippen molar-refractivity contribution < 1.29 is 19.0 Å². The van der Waals surface area contributed by atoms with Crippen molar-refractivity contribution in [1.82, 2.24) is 0 Å². The number of rotatable bonds is 7. The Morgan fingerprint density at radius 1 is 1.04 bits per heavy atom. The van der Waals surface area contributed by atoms with Gasteiger partial charge in [-0.2, -0.15) is 11.8 Å². The number of carbonyl (C=O) groups is 1. The van der Waals surface area contributed by atoms with Crippen molar-refractivity contribution in [1.29, 1.82) is 0 Å². The third-order valence-corrected chi connectivity index (χ3v) is 4.04. The first-order valence-corrected chi connectivity index (χ1v) is 8.71. The van der Waals surface area contributed by atoms with Gasteiger partial charge in [-0.25, -0.2) is 0 Å². The summed E-state index contributed by atoms with van der Waals surface area (Å²) in [5, 5.41) is 2.87. The van der Waals surface area contributed by atoms with Crippen LogP contribution in [0.25, 0.3) is 0 Å². The average molecular weight is 347 g/mol. The SMILES string of the molecule is COc1cc(NC(=O)c2cccc(CSC)c2)cc(OC)c1OC. The fourth-order valence-electron chi connectivity index (χ4n) is 2.33. The number of hydrogen-bond acceptors (Lipinski definition) is 5. The monoisotopic (exact) mass is 347 g/mol. The highest BCUT2D eigenvalue weighted by atomic mass is 32.2. The topological polar surface area (TPSA) is 56.8 Å². The normalized spacial score (nSPS) is 10.2. The van der Waals surface area contributed by atoms with E-state index in [-0.39, 0.29) is 5.91 Å². The largest absolute Gasteiger partial charge is 0.493 e. The van der Waals surface area contributed by atoms with Gasteiger partial charge in [0.1, 0.15) is 0 Å². The molecule has 0 bridgehead atoms. The van der Waals surface area contributed by atoms with Crippen LogP contribution in [0.1, 0.15) is 15.9 Å². The zero-order valence-electron chi connectivity index (χ0n) is 14.2. The van der Waals surface area contributed by atoms with Crippen molar-refractivity contribution in [3.63, 3.8) is 0 Å². The van der Waals surface area contributed by atoms with Crippen molar-refractivity contribution in [3.05, 3.63) is 47.5 Å². The molecular weight excluding hydrogens is 326 g/mol. The Kier molecular flexibility index (Phi) is 6.37. The molecule has 5 nitrogen and oxygen atoms in total. The van der Waals surface area contributed by atoms with Gasteiger partial charge in [0.05, 0.1) is 21.3 Å². The van der Waals surface area contributed by atoms with Crippen LogP contribution in [0.3, 0.4) is 0 Å². The summed E-state index contributed by atoms with van der Waals surface area (Å²) in [5.41, 5.74) is 2.29. The second-order valence-corrected chi connectivity index (χ2v) is 5.87. The highest BCUT2D eigenvalue weighted by Gasteiger charge is 2.15. The summed E-state index contributed by atoms with van der Waals surface area (Å²) in [5.74, 6) is 2.14. The van der Waals surface area contributed by atoms with Gasteiger partial charge in [-0.1, -0.05) is 12.1 Å². The summed E-state index contributed by atoms with van der Waals surface area (Å²) in [6.07, 6.45) is 2.03. The number of methoxy groups -OCH3 is 3. The first kappa shape index (κ1) is 18.0. The highest BCUT2D eigenvalue weighted by molar-refractivity contribution is 7.97. The lowest BCUT2D eigenvalue weighted by Crippen LogP contribution is -2.12. The number of anilines is 1. The second-order valence-electron chi connectivity index (χ2n) is 5.00. The minimum atomic E-state index is -0.188. The van der Waals surface area contributed by atoms with Gasteiger partial charge in [-0.3, -0.25) is 4.79 Å². The van der Waals surface area contributed by atoms with Crippen LogP contribution >= 0.6 is 11.8 Å². The molecule has 0 fully saturated rings. The molecule has 0 heterocycles. The van der Waals surface area contributed by atoms with E-state index in [0.717, 1.165) is 11.3 Å². The van der Waals surface area contributed by atoms with Crippen LogP contribution in [0.4, 0.5) is 5.69 Å². The molecule has 0 spiro atoms. The Morgan fingerprint density at radius 3 is 2.25 bits per heavy atom. The molecule has 0 aliphatic rings. The van der Waals surface area contributed by atoms with Crippen LogP contribution in [0.15, 0.2) is 36.4 Å².